The van der Waals surface area contributed by atoms with Crippen molar-refractivity contribution in [1.82, 2.24) is 10.2 Å². The first-order chi connectivity index (χ1) is 8.61. The Labute approximate surface area is 110 Å². The smallest absolute Gasteiger partial charge is 0.322 e. The van der Waals surface area contributed by atoms with Crippen LogP contribution in [0.15, 0.2) is 0 Å². The van der Waals surface area contributed by atoms with Crippen molar-refractivity contribution >= 4 is 5.97 Å². The van der Waals surface area contributed by atoms with Crippen LogP contribution < -0.4 is 5.32 Å². The summed E-state index contributed by atoms with van der Waals surface area (Å²) in [5, 5.41) is 3.28. The Balaban J connectivity index is 1.82. The predicted molar refractivity (Wildman–Crippen MR) is 71.4 cm³/mol. The summed E-state index contributed by atoms with van der Waals surface area (Å²) in [6.07, 6.45) is 4.80. The fraction of sp³-hybridized carbons (Fsp3) is 0.929. The molecule has 0 aromatic heterocycles. The Morgan fingerprint density at radius 2 is 2.28 bits per heavy atom. The third-order valence-corrected chi connectivity index (χ3v) is 4.40. The van der Waals surface area contributed by atoms with E-state index in [1.54, 1.807) is 0 Å². The van der Waals surface area contributed by atoms with E-state index in [0.29, 0.717) is 18.0 Å². The zero-order chi connectivity index (χ0) is 13.1. The first-order valence-corrected chi connectivity index (χ1v) is 7.18. The molecule has 4 heteroatoms. The highest BCUT2D eigenvalue weighted by molar-refractivity contribution is 5.76. The molecule has 104 valence electrons. The monoisotopic (exact) mass is 254 g/mol. The molecule has 0 bridgehead atoms. The van der Waals surface area contributed by atoms with Crippen LogP contribution in [0.4, 0.5) is 0 Å². The van der Waals surface area contributed by atoms with Crippen LogP contribution in [0, 0.1) is 5.92 Å². The van der Waals surface area contributed by atoms with Gasteiger partial charge in [-0.1, -0.05) is 0 Å². The van der Waals surface area contributed by atoms with Crippen LogP contribution in [0.1, 0.15) is 39.5 Å². The van der Waals surface area contributed by atoms with Gasteiger partial charge in [-0.15, -0.1) is 0 Å². The van der Waals surface area contributed by atoms with Crippen molar-refractivity contribution in [2.24, 2.45) is 5.92 Å². The molecule has 2 saturated heterocycles. The number of rotatable bonds is 4. The number of carbonyl (C=O) groups excluding carboxylic acids is 1. The van der Waals surface area contributed by atoms with E-state index in [2.05, 4.69) is 24.1 Å². The lowest BCUT2D eigenvalue weighted by molar-refractivity contribution is -0.142. The highest BCUT2D eigenvalue weighted by Crippen LogP contribution is 2.29. The number of methoxy groups -OCH3 is 1. The van der Waals surface area contributed by atoms with Gasteiger partial charge in [0.05, 0.1) is 7.11 Å². The number of nitrogens with one attached hydrogen (secondary N) is 1. The van der Waals surface area contributed by atoms with Gasteiger partial charge in [0.1, 0.15) is 6.04 Å². The molecule has 0 amide bonds. The molecule has 2 rings (SSSR count). The lowest BCUT2D eigenvalue weighted by atomic mass is 9.95. The molecule has 0 aliphatic carbocycles. The summed E-state index contributed by atoms with van der Waals surface area (Å²) in [5.74, 6) is 0.517. The molecule has 2 aliphatic heterocycles. The fourth-order valence-corrected chi connectivity index (χ4v) is 3.49. The number of hydrogen-bond donors (Lipinski definition) is 1. The summed E-state index contributed by atoms with van der Waals surface area (Å²) < 4.78 is 4.80. The first kappa shape index (κ1) is 13.8. The third-order valence-electron chi connectivity index (χ3n) is 4.40. The molecule has 2 fully saturated rings. The van der Waals surface area contributed by atoms with Crippen molar-refractivity contribution in [2.45, 2.75) is 57.7 Å². The van der Waals surface area contributed by atoms with Crippen molar-refractivity contribution in [3.05, 3.63) is 0 Å². The van der Waals surface area contributed by atoms with Gasteiger partial charge in [0.25, 0.3) is 0 Å². The Morgan fingerprint density at radius 3 is 2.94 bits per heavy atom. The van der Waals surface area contributed by atoms with Gasteiger partial charge < -0.3 is 10.1 Å². The highest BCUT2D eigenvalue weighted by atomic mass is 16.5. The number of likely N-dealkylation sites (tertiary alicyclic amines) is 1. The van der Waals surface area contributed by atoms with Crippen LogP contribution >= 0.6 is 0 Å². The Kier molecular flexibility index (Phi) is 4.62. The second-order valence-electron chi connectivity index (χ2n) is 5.95. The SMILES string of the molecule is COC(=O)C1CC(CC2CCCN2C(C)C)CN1. The summed E-state index contributed by atoms with van der Waals surface area (Å²) in [6.45, 7) is 6.76. The number of hydrogen-bond acceptors (Lipinski definition) is 4. The Morgan fingerprint density at radius 1 is 1.50 bits per heavy atom. The van der Waals surface area contributed by atoms with Gasteiger partial charge in [0.2, 0.25) is 0 Å². The van der Waals surface area contributed by atoms with E-state index >= 15 is 0 Å². The lowest BCUT2D eigenvalue weighted by Gasteiger charge is -2.29. The van der Waals surface area contributed by atoms with Gasteiger partial charge in [0, 0.05) is 12.1 Å². The van der Waals surface area contributed by atoms with Gasteiger partial charge in [0.15, 0.2) is 0 Å². The average Bonchev–Trinajstić information content (AvgIpc) is 2.97. The summed E-state index contributed by atoms with van der Waals surface area (Å²) >= 11 is 0. The van der Waals surface area contributed by atoms with Crippen LogP contribution in [-0.4, -0.2) is 49.2 Å². The van der Waals surface area contributed by atoms with Crippen molar-refractivity contribution in [1.29, 1.82) is 0 Å². The Hall–Kier alpha value is -0.610. The van der Waals surface area contributed by atoms with E-state index in [-0.39, 0.29) is 12.0 Å². The summed E-state index contributed by atoms with van der Waals surface area (Å²) in [7, 11) is 1.47. The minimum absolute atomic E-state index is 0.0751. The summed E-state index contributed by atoms with van der Waals surface area (Å²) in [6, 6.07) is 1.28. The average molecular weight is 254 g/mol. The molecule has 0 spiro atoms. The van der Waals surface area contributed by atoms with Crippen LogP contribution in [0.25, 0.3) is 0 Å². The van der Waals surface area contributed by atoms with Crippen LogP contribution in [0.3, 0.4) is 0 Å². The van der Waals surface area contributed by atoms with Gasteiger partial charge >= 0.3 is 5.97 Å². The van der Waals surface area contributed by atoms with Gasteiger partial charge in [-0.3, -0.25) is 9.69 Å². The predicted octanol–water partition coefficient (Wildman–Crippen LogP) is 1.40. The minimum Gasteiger partial charge on any atom is -0.468 e. The maximum absolute atomic E-state index is 11.5. The summed E-state index contributed by atoms with van der Waals surface area (Å²) in [4.78, 5) is 14.1. The molecule has 1 N–H and O–H groups in total. The van der Waals surface area contributed by atoms with Crippen LogP contribution in [0.2, 0.25) is 0 Å². The van der Waals surface area contributed by atoms with E-state index in [0.717, 1.165) is 13.0 Å². The highest BCUT2D eigenvalue weighted by Gasteiger charge is 2.34. The molecule has 3 unspecified atom stereocenters. The fourth-order valence-electron chi connectivity index (χ4n) is 3.49. The largest absolute Gasteiger partial charge is 0.468 e. The number of carbonyl (C=O) groups is 1. The quantitative estimate of drug-likeness (QED) is 0.770. The number of esters is 1. The number of ether oxygens (including phenoxy) is 1. The third kappa shape index (κ3) is 3.04. The van der Waals surface area contributed by atoms with Gasteiger partial charge in [-0.2, -0.15) is 0 Å². The molecule has 2 heterocycles. The second kappa shape index (κ2) is 6.02. The van der Waals surface area contributed by atoms with Crippen molar-refractivity contribution in [3.63, 3.8) is 0 Å². The second-order valence-corrected chi connectivity index (χ2v) is 5.95. The molecule has 18 heavy (non-hydrogen) atoms. The normalized spacial score (nSPS) is 33.2. The van der Waals surface area contributed by atoms with Crippen LogP contribution in [0.5, 0.6) is 0 Å². The topological polar surface area (TPSA) is 41.6 Å². The zero-order valence-corrected chi connectivity index (χ0v) is 11.8. The lowest BCUT2D eigenvalue weighted by Crippen LogP contribution is -2.36. The molecule has 2 aliphatic rings. The standard InChI is InChI=1S/C14H26N2O2/c1-10(2)16-6-4-5-12(16)7-11-8-13(15-9-11)14(17)18-3/h10-13,15H,4-9H2,1-3H3. The first-order valence-electron chi connectivity index (χ1n) is 7.18. The van der Waals surface area contributed by atoms with Crippen molar-refractivity contribution in [3.8, 4) is 0 Å². The molecule has 0 aromatic rings. The zero-order valence-electron chi connectivity index (χ0n) is 11.8. The molecule has 0 saturated carbocycles. The minimum atomic E-state index is -0.107. The molecule has 3 atom stereocenters. The maximum Gasteiger partial charge on any atom is 0.322 e. The number of nitrogens with zero attached hydrogens (tertiary/aromatic N) is 1. The van der Waals surface area contributed by atoms with Gasteiger partial charge in [-0.25, -0.2) is 0 Å². The van der Waals surface area contributed by atoms with Gasteiger partial charge in [-0.05, 0) is 58.5 Å². The van der Waals surface area contributed by atoms with E-state index in [4.69, 9.17) is 4.74 Å². The van der Waals surface area contributed by atoms with E-state index in [9.17, 15) is 4.79 Å². The van der Waals surface area contributed by atoms with E-state index in [1.165, 1.54) is 32.9 Å². The van der Waals surface area contributed by atoms with E-state index < -0.39 is 0 Å². The molecule has 0 aromatic carbocycles. The van der Waals surface area contributed by atoms with Crippen LogP contribution in [-0.2, 0) is 9.53 Å². The molecule has 0 radical (unpaired) electrons. The molecule has 4 nitrogen and oxygen atoms in total. The molecular formula is C14H26N2O2. The summed E-state index contributed by atoms with van der Waals surface area (Å²) in [5.41, 5.74) is 0. The van der Waals surface area contributed by atoms with Crippen molar-refractivity contribution in [2.75, 3.05) is 20.2 Å². The van der Waals surface area contributed by atoms with Crippen molar-refractivity contribution < 1.29 is 9.53 Å². The Bertz CT molecular complexity index is 294. The maximum atomic E-state index is 11.5. The molecular weight excluding hydrogens is 228 g/mol. The van der Waals surface area contributed by atoms with E-state index in [1.807, 2.05) is 0 Å².